The first-order chi connectivity index (χ1) is 64.2. The highest BCUT2D eigenvalue weighted by Crippen LogP contribution is 2.54. The van der Waals surface area contributed by atoms with E-state index in [4.69, 9.17) is 66.5 Å². The Hall–Kier alpha value is -7.48. The lowest BCUT2D eigenvalue weighted by Gasteiger charge is -2.50. The summed E-state index contributed by atoms with van der Waals surface area (Å²) in [5, 5.41) is 78.2. The van der Waals surface area contributed by atoms with Crippen LogP contribution in [-0.2, 0) is 85.7 Å². The molecule has 15 aliphatic rings. The van der Waals surface area contributed by atoms with Gasteiger partial charge < -0.3 is 97.2 Å². The second-order valence-electron chi connectivity index (χ2n) is 43.2. The Kier molecular flexibility index (Phi) is 34.2. The van der Waals surface area contributed by atoms with E-state index in [2.05, 4.69) is 176 Å². The Morgan fingerprint density at radius 2 is 0.691 bits per heavy atom. The highest BCUT2D eigenvalue weighted by atomic mass is 16.7. The first kappa shape index (κ1) is 106. The molecule has 750 valence electrons. The van der Waals surface area contributed by atoms with Crippen LogP contribution < -0.4 is 0 Å². The van der Waals surface area contributed by atoms with Crippen molar-refractivity contribution in [2.24, 2.45) is 81.3 Å². The smallest absolute Gasteiger partial charge is 0.316 e. The van der Waals surface area contributed by atoms with Crippen molar-refractivity contribution < 1.29 is 116 Å². The predicted molar refractivity (Wildman–Crippen MR) is 518 cm³/mol. The largest absolute Gasteiger partial charge is 0.462 e. The van der Waals surface area contributed by atoms with E-state index in [1.54, 1.807) is 59.3 Å². The number of ether oxygens (including phenoxy) is 12. The number of nitrogens with zero attached hydrogens (tertiary/aromatic N) is 2. The van der Waals surface area contributed by atoms with Crippen molar-refractivity contribution in [1.82, 2.24) is 0 Å². The Balaban J connectivity index is 0.000000173. The molecule has 3 aliphatic carbocycles. The number of aliphatic hydroxyl groups is 6. The number of allylic oxidation sites excluding steroid dienone is 15. The van der Waals surface area contributed by atoms with Crippen LogP contribution in [0.2, 0.25) is 0 Å². The molecule has 12 heterocycles. The summed E-state index contributed by atoms with van der Waals surface area (Å²) < 4.78 is 77.6. The maximum atomic E-state index is 14.2. The van der Waals surface area contributed by atoms with Crippen LogP contribution in [0.15, 0.2) is 187 Å². The van der Waals surface area contributed by atoms with E-state index >= 15 is 0 Å². The number of hydrogen-bond acceptors (Lipinski definition) is 26. The molecule has 6 bridgehead atoms. The van der Waals surface area contributed by atoms with Gasteiger partial charge in [-0.3, -0.25) is 19.2 Å². The number of Topliss-reactive ketones (excluding diaryl/α,β-unsaturated/α-hetero) is 1. The monoisotopic (exact) mass is 1890 g/mol. The minimum absolute atomic E-state index is 0.0340. The summed E-state index contributed by atoms with van der Waals surface area (Å²) in [4.78, 5) is 66.4. The average molecular weight is 1890 g/mol. The van der Waals surface area contributed by atoms with Crippen LogP contribution in [0.3, 0.4) is 0 Å². The molecule has 3 spiro atoms. The highest BCUT2D eigenvalue weighted by Gasteiger charge is 2.65. The molecule has 136 heavy (non-hydrogen) atoms. The van der Waals surface area contributed by atoms with Crippen molar-refractivity contribution in [1.29, 1.82) is 0 Å². The van der Waals surface area contributed by atoms with E-state index in [0.717, 1.165) is 47.4 Å². The molecule has 12 aliphatic heterocycles. The first-order valence-electron chi connectivity index (χ1n) is 49.9. The van der Waals surface area contributed by atoms with Crippen molar-refractivity contribution in [3.63, 3.8) is 0 Å². The number of carbonyl (C=O) groups excluding carboxylic acids is 4. The number of esters is 3. The number of hydrogen-bond donors (Lipinski definition) is 6. The number of ketones is 1. The molecule has 0 amide bonds. The zero-order valence-corrected chi connectivity index (χ0v) is 84.6. The summed E-state index contributed by atoms with van der Waals surface area (Å²) in [6, 6.07) is 0. The summed E-state index contributed by atoms with van der Waals surface area (Å²) in [5.41, 5.74) is 6.61. The number of fused-ring (bicyclic) bond motifs is 6. The van der Waals surface area contributed by atoms with Gasteiger partial charge in [0.2, 0.25) is 0 Å². The van der Waals surface area contributed by atoms with E-state index in [0.29, 0.717) is 115 Å². The lowest BCUT2D eigenvalue weighted by Crippen LogP contribution is -2.59. The SMILES string of the molecule is CC1=C[C@H]2C(=O)O[C@H]3C[C@@H](C/C=C(\C)C[C@@H](C)/C=C/C=C4\CO[C@H]([C@@H]1O)[C@@]42O)O[C@@]1(CC(=O)[C@H](C)[C@@H](/C(C)=C/C(C)C)O1)C3.CO/N=C1/C[C@]2(C[C@@H]3C[C@@H](C/C=C(\C)C[C@@H](C)/C=C/C=C4\CO[C@@H]5[C@H](O)C(C)=C[C@@H](C(=O)O3)[C@]45O)O2)O[C@H](/C(C)=C/C(C)C)[C@H]1C.CO/N=C1/C[C@]2(C[C@@H]3C[C@@H](C/C=C(\C)C[C@@H](C)/C=C/C=C4\CO[C@@H]5[C@H](O)C(C)=C[C@@H](C(=O)O3)[C@]45O)O2)O[C@H](/C(C)=C/C(C)C)[C@H]1C. The quantitative estimate of drug-likeness (QED) is 0.0569. The van der Waals surface area contributed by atoms with Crippen molar-refractivity contribution in [2.75, 3.05) is 34.0 Å². The van der Waals surface area contributed by atoms with Crippen molar-refractivity contribution in [3.8, 4) is 0 Å². The number of carbonyl (C=O) groups is 4. The van der Waals surface area contributed by atoms with Gasteiger partial charge in [0.05, 0.1) is 74.3 Å². The molecule has 0 saturated carbocycles. The van der Waals surface area contributed by atoms with Gasteiger partial charge in [-0.25, -0.2) is 0 Å². The summed E-state index contributed by atoms with van der Waals surface area (Å²) in [6.45, 7) is 43.3. The average Bonchev–Trinajstić information content (AvgIpc) is 1.54. The lowest BCUT2D eigenvalue weighted by molar-refractivity contribution is -0.319. The van der Waals surface area contributed by atoms with E-state index in [1.165, 1.54) is 16.7 Å². The van der Waals surface area contributed by atoms with Crippen LogP contribution >= 0.6 is 0 Å². The molecule has 0 aromatic rings. The molecule has 26 nitrogen and oxygen atoms in total. The van der Waals surface area contributed by atoms with Gasteiger partial charge in [0.25, 0.3) is 0 Å². The molecule has 0 aromatic carbocycles. The maximum Gasteiger partial charge on any atom is 0.316 e. The number of oxime groups is 2. The van der Waals surface area contributed by atoms with Crippen LogP contribution in [0.5, 0.6) is 0 Å². The fraction of sp³-hybridized carbons (Fsp3) is 0.673. The van der Waals surface area contributed by atoms with Crippen molar-refractivity contribution in [3.05, 3.63) is 176 Å². The summed E-state index contributed by atoms with van der Waals surface area (Å²) in [5.74, 6) is -6.93. The van der Waals surface area contributed by atoms with E-state index in [9.17, 15) is 49.8 Å². The van der Waals surface area contributed by atoms with Gasteiger partial charge in [0, 0.05) is 69.1 Å². The Morgan fingerprint density at radius 1 is 0.412 bits per heavy atom. The van der Waals surface area contributed by atoms with Gasteiger partial charge in [-0.05, 0) is 187 Å². The summed E-state index contributed by atoms with van der Waals surface area (Å²) in [7, 11) is 3.09. The molecule has 26 heteroatoms. The number of aliphatic hydroxyl groups excluding tert-OH is 3. The van der Waals surface area contributed by atoms with E-state index in [-0.39, 0.29) is 104 Å². The third-order valence-electron chi connectivity index (χ3n) is 30.2. The maximum absolute atomic E-state index is 14.2. The molecule has 0 radical (unpaired) electrons. The molecular formula is C110H156N2O24. The zero-order valence-electron chi connectivity index (χ0n) is 84.6. The Morgan fingerprint density at radius 3 is 0.971 bits per heavy atom. The van der Waals surface area contributed by atoms with Crippen LogP contribution in [0, 0.1) is 71.0 Å². The van der Waals surface area contributed by atoms with Crippen LogP contribution in [0.25, 0.3) is 0 Å². The fourth-order valence-electron chi connectivity index (χ4n) is 23.6. The second-order valence-corrected chi connectivity index (χ2v) is 43.2. The molecule has 15 rings (SSSR count). The Bertz CT molecular complexity index is 4720. The minimum Gasteiger partial charge on any atom is -0.462 e. The molecule has 30 atom stereocenters. The fourth-order valence-corrected chi connectivity index (χ4v) is 23.6. The molecule has 9 saturated heterocycles. The normalized spacial score (nSPS) is 44.7. The van der Waals surface area contributed by atoms with Crippen molar-refractivity contribution >= 4 is 35.1 Å². The van der Waals surface area contributed by atoms with E-state index in [1.807, 2.05) is 44.2 Å². The van der Waals surface area contributed by atoms with Gasteiger partial charge in [0.1, 0.15) is 109 Å². The second kappa shape index (κ2) is 43.9. The summed E-state index contributed by atoms with van der Waals surface area (Å²) in [6.07, 6.45) is 33.3. The zero-order chi connectivity index (χ0) is 98.8. The molecule has 9 fully saturated rings. The predicted octanol–water partition coefficient (Wildman–Crippen LogP) is 16.8. The topological polar surface area (TPSA) is 344 Å². The van der Waals surface area contributed by atoms with Crippen LogP contribution in [0.1, 0.15) is 242 Å². The Labute approximate surface area is 806 Å². The van der Waals surface area contributed by atoms with Gasteiger partial charge in [-0.1, -0.05) is 219 Å². The van der Waals surface area contributed by atoms with E-state index < -0.39 is 131 Å². The van der Waals surface area contributed by atoms with Gasteiger partial charge in [-0.2, -0.15) is 0 Å². The first-order valence-corrected chi connectivity index (χ1v) is 49.9. The molecular weight excluding hydrogens is 1730 g/mol. The third kappa shape index (κ3) is 23.3. The van der Waals surface area contributed by atoms with Crippen molar-refractivity contribution in [2.45, 2.75) is 367 Å². The standard InChI is InChI=1S/2C37H53NO8.C36H50O8/c2*1-21(2)14-25(6)33-26(7)31(38-42-8)19-36(46-33)18-29-17-28(45-36)13-12-23(4)15-22(3)10-9-11-27-20-43-34-32(39)24(5)16-30(35(40)44-29)37(27,34)41;1-20(2)13-24(6)32-25(7)30(37)18-35(44-32)17-28-16-27(43-35)12-11-22(4)14-21(3)9-8-10-26-19-41-33-31(38)23(5)15-29(34(39)42-28)36(26,33)40/h2*9-12,14,16,21-22,26,28-30,32-34,39,41H,13,15,17-20H2,1-8H3;8-11,13,15,20-21,25,27-29,31-33,38,40H,12,14,16-19H2,1-7H3/b2*10-9+,23-12+,25-14+,27-11+,38-31-;9-8+,22-11+,24-13+,26-10+/t2*22-,26-,28+,29-,30-,32+,33+,34+,36-,37+;21-,25-,27+,28-,29-,31+,32+,33+,35-,36+/m000/s1. The van der Waals surface area contributed by atoms with Gasteiger partial charge in [-0.15, -0.1) is 0 Å². The minimum atomic E-state index is -1.75. The van der Waals surface area contributed by atoms with Gasteiger partial charge in [0.15, 0.2) is 17.4 Å². The lowest BCUT2D eigenvalue weighted by atomic mass is 9.71. The summed E-state index contributed by atoms with van der Waals surface area (Å²) >= 11 is 0. The molecule has 0 unspecified atom stereocenters. The third-order valence-corrected chi connectivity index (χ3v) is 30.2. The van der Waals surface area contributed by atoms with Crippen LogP contribution in [-0.4, -0.2) is 226 Å². The van der Waals surface area contributed by atoms with Crippen LogP contribution in [0.4, 0.5) is 0 Å². The molecule has 0 aromatic heterocycles. The highest BCUT2D eigenvalue weighted by molar-refractivity contribution is 5.89. The number of rotatable bonds is 8. The molecule has 6 N–H and O–H groups in total. The van der Waals surface area contributed by atoms with Gasteiger partial charge >= 0.3 is 17.9 Å².